The van der Waals surface area contributed by atoms with Gasteiger partial charge in [-0.3, -0.25) is 4.79 Å². The van der Waals surface area contributed by atoms with Crippen LogP contribution in [0.2, 0.25) is 0 Å². The fourth-order valence-electron chi connectivity index (χ4n) is 2.30. The molecule has 6 heteroatoms. The zero-order valence-electron chi connectivity index (χ0n) is 9.52. The van der Waals surface area contributed by atoms with Gasteiger partial charge in [0.15, 0.2) is 5.78 Å². The number of alkyl halides is 2. The van der Waals surface area contributed by atoms with E-state index in [9.17, 15) is 13.6 Å². The summed E-state index contributed by atoms with van der Waals surface area (Å²) in [5.74, 6) is -2.80. The molecule has 1 atom stereocenters. The van der Waals surface area contributed by atoms with Gasteiger partial charge in [0.1, 0.15) is 0 Å². The van der Waals surface area contributed by atoms with Crippen molar-refractivity contribution in [2.45, 2.75) is 38.0 Å². The summed E-state index contributed by atoms with van der Waals surface area (Å²) >= 11 is 7.99. The predicted molar refractivity (Wildman–Crippen MR) is 75.6 cm³/mol. The Morgan fingerprint density at radius 3 is 2.78 bits per heavy atom. The lowest BCUT2D eigenvalue weighted by atomic mass is 9.83. The minimum atomic E-state index is -2.58. The first kappa shape index (κ1) is 14.6. The van der Waals surface area contributed by atoms with Crippen molar-refractivity contribution in [2.24, 2.45) is 5.92 Å². The lowest BCUT2D eigenvalue weighted by Crippen LogP contribution is -2.27. The second-order valence-corrected chi connectivity index (χ2v) is 7.90. The molecule has 0 amide bonds. The van der Waals surface area contributed by atoms with Gasteiger partial charge >= 0.3 is 0 Å². The van der Waals surface area contributed by atoms with E-state index in [1.165, 1.54) is 11.3 Å². The molecule has 1 aliphatic carbocycles. The highest BCUT2D eigenvalue weighted by Crippen LogP contribution is 2.39. The fraction of sp³-hybridized carbons (Fsp3) is 0.583. The maximum atomic E-state index is 13.3. The van der Waals surface area contributed by atoms with Crippen LogP contribution in [-0.4, -0.2) is 11.7 Å². The Morgan fingerprint density at radius 2 is 2.22 bits per heavy atom. The minimum absolute atomic E-state index is 0.0332. The Bertz CT molecular complexity index is 439. The fourth-order valence-corrected chi connectivity index (χ4v) is 4.28. The highest BCUT2D eigenvalue weighted by atomic mass is 79.9. The number of thiophene rings is 1. The molecule has 1 fully saturated rings. The van der Waals surface area contributed by atoms with Gasteiger partial charge in [-0.15, -0.1) is 11.3 Å². The average Bonchev–Trinajstić information content (AvgIpc) is 2.58. The number of halogens is 4. The number of ketones is 1. The molecule has 0 radical (unpaired) electrons. The Labute approximate surface area is 125 Å². The van der Waals surface area contributed by atoms with E-state index in [-0.39, 0.29) is 31.0 Å². The van der Waals surface area contributed by atoms with E-state index >= 15 is 0 Å². The van der Waals surface area contributed by atoms with Crippen LogP contribution < -0.4 is 0 Å². The number of rotatable bonds is 3. The number of Topliss-reactive ketones (excluding diaryl/α,β-unsaturated/α-hetero) is 1. The first-order valence-corrected chi connectivity index (χ1v) is 8.13. The molecular formula is C12H12Br2F2OS. The molecular weight excluding hydrogens is 390 g/mol. The second kappa shape index (κ2) is 5.67. The van der Waals surface area contributed by atoms with Crippen molar-refractivity contribution in [2.75, 3.05) is 0 Å². The molecule has 1 nitrogen and oxygen atoms in total. The van der Waals surface area contributed by atoms with Gasteiger partial charge in [-0.1, -0.05) is 0 Å². The molecule has 1 heterocycles. The lowest BCUT2D eigenvalue weighted by molar-refractivity contribution is -0.0521. The highest BCUT2D eigenvalue weighted by Gasteiger charge is 2.37. The predicted octanol–water partition coefficient (Wildman–Crippen LogP) is 5.67. The van der Waals surface area contributed by atoms with Gasteiger partial charge in [-0.2, -0.15) is 0 Å². The van der Waals surface area contributed by atoms with Crippen molar-refractivity contribution >= 4 is 49.0 Å². The molecule has 0 aromatic carbocycles. The standard InChI is InChI=1S/C12H12Br2F2OS/c13-8-5-10(18-11(8)14)9(17)4-7-2-1-3-12(15,16)6-7/h5,7H,1-4,6H2. The van der Waals surface area contributed by atoms with E-state index < -0.39 is 5.92 Å². The Balaban J connectivity index is 1.99. The number of carbonyl (C=O) groups is 1. The lowest BCUT2D eigenvalue weighted by Gasteiger charge is -2.28. The van der Waals surface area contributed by atoms with Crippen LogP contribution in [0.5, 0.6) is 0 Å². The summed E-state index contributed by atoms with van der Waals surface area (Å²) in [6.07, 6.45) is 1.30. The van der Waals surface area contributed by atoms with E-state index in [1.54, 1.807) is 6.07 Å². The third kappa shape index (κ3) is 3.61. The minimum Gasteiger partial charge on any atom is -0.293 e. The van der Waals surface area contributed by atoms with Crippen LogP contribution >= 0.6 is 43.2 Å². The van der Waals surface area contributed by atoms with E-state index in [0.29, 0.717) is 11.3 Å². The van der Waals surface area contributed by atoms with Gasteiger partial charge in [0.05, 0.1) is 8.66 Å². The number of carbonyl (C=O) groups excluding carboxylic acids is 1. The summed E-state index contributed by atoms with van der Waals surface area (Å²) < 4.78 is 28.2. The van der Waals surface area contributed by atoms with Crippen molar-refractivity contribution < 1.29 is 13.6 Å². The molecule has 18 heavy (non-hydrogen) atoms. The summed E-state index contributed by atoms with van der Waals surface area (Å²) in [4.78, 5) is 12.6. The van der Waals surface area contributed by atoms with E-state index in [1.807, 2.05) is 0 Å². The van der Waals surface area contributed by atoms with Crippen LogP contribution in [0.25, 0.3) is 0 Å². The van der Waals surface area contributed by atoms with Crippen molar-refractivity contribution in [3.05, 3.63) is 19.2 Å². The molecule has 1 saturated carbocycles. The second-order valence-electron chi connectivity index (χ2n) is 4.68. The highest BCUT2D eigenvalue weighted by molar-refractivity contribution is 9.13. The zero-order valence-corrected chi connectivity index (χ0v) is 13.5. The summed E-state index contributed by atoms with van der Waals surface area (Å²) in [6.45, 7) is 0. The SMILES string of the molecule is O=C(CC1CCCC(F)(F)C1)c1cc(Br)c(Br)s1. The van der Waals surface area contributed by atoms with Crippen LogP contribution in [0.3, 0.4) is 0 Å². The third-order valence-corrected chi connectivity index (χ3v) is 6.43. The average molecular weight is 402 g/mol. The van der Waals surface area contributed by atoms with Gasteiger partial charge in [0.2, 0.25) is 5.92 Å². The van der Waals surface area contributed by atoms with Gasteiger partial charge < -0.3 is 0 Å². The molecule has 0 N–H and O–H groups in total. The maximum absolute atomic E-state index is 13.3. The largest absolute Gasteiger partial charge is 0.293 e. The monoisotopic (exact) mass is 400 g/mol. The number of hydrogen-bond donors (Lipinski definition) is 0. The normalized spacial score (nSPS) is 23.0. The van der Waals surface area contributed by atoms with Crippen LogP contribution in [0, 0.1) is 5.92 Å². The summed E-state index contributed by atoms with van der Waals surface area (Å²) in [6, 6.07) is 1.75. The van der Waals surface area contributed by atoms with Crippen molar-refractivity contribution in [3.63, 3.8) is 0 Å². The van der Waals surface area contributed by atoms with Crippen LogP contribution in [0.15, 0.2) is 14.3 Å². The van der Waals surface area contributed by atoms with E-state index in [0.717, 1.165) is 14.7 Å². The van der Waals surface area contributed by atoms with Gasteiger partial charge in [0, 0.05) is 23.7 Å². The molecule has 2 rings (SSSR count). The first-order valence-electron chi connectivity index (χ1n) is 5.73. The Hall–Kier alpha value is 0.190. The molecule has 1 aliphatic rings. The molecule has 0 aliphatic heterocycles. The number of hydrogen-bond acceptors (Lipinski definition) is 2. The van der Waals surface area contributed by atoms with Crippen molar-refractivity contribution in [1.29, 1.82) is 0 Å². The summed E-state index contributed by atoms with van der Waals surface area (Å²) in [5.41, 5.74) is 0. The van der Waals surface area contributed by atoms with Gasteiger partial charge in [0.25, 0.3) is 0 Å². The van der Waals surface area contributed by atoms with Gasteiger partial charge in [-0.25, -0.2) is 8.78 Å². The van der Waals surface area contributed by atoms with Crippen molar-refractivity contribution in [3.8, 4) is 0 Å². The van der Waals surface area contributed by atoms with Gasteiger partial charge in [-0.05, 0) is 56.7 Å². The van der Waals surface area contributed by atoms with Crippen LogP contribution in [0.1, 0.15) is 41.8 Å². The van der Waals surface area contributed by atoms with Crippen molar-refractivity contribution in [1.82, 2.24) is 0 Å². The summed E-state index contributed by atoms with van der Waals surface area (Å²) in [7, 11) is 0. The molecule has 0 bridgehead atoms. The molecule has 0 saturated heterocycles. The summed E-state index contributed by atoms with van der Waals surface area (Å²) in [5, 5.41) is 0. The maximum Gasteiger partial charge on any atom is 0.248 e. The first-order chi connectivity index (χ1) is 8.37. The smallest absolute Gasteiger partial charge is 0.248 e. The Kier molecular flexibility index (Phi) is 4.60. The van der Waals surface area contributed by atoms with E-state index in [2.05, 4.69) is 31.9 Å². The van der Waals surface area contributed by atoms with E-state index in [4.69, 9.17) is 0 Å². The third-order valence-electron chi connectivity index (χ3n) is 3.14. The van der Waals surface area contributed by atoms with Crippen LogP contribution in [-0.2, 0) is 0 Å². The quantitative estimate of drug-likeness (QED) is 0.596. The molecule has 1 aromatic rings. The zero-order chi connectivity index (χ0) is 13.3. The van der Waals surface area contributed by atoms with Crippen LogP contribution in [0.4, 0.5) is 8.78 Å². The molecule has 100 valence electrons. The molecule has 1 aromatic heterocycles. The Morgan fingerprint density at radius 1 is 1.50 bits per heavy atom. The molecule has 1 unspecified atom stereocenters. The topological polar surface area (TPSA) is 17.1 Å². The molecule has 0 spiro atoms.